The molecule has 0 unspecified atom stereocenters. The molecule has 0 saturated heterocycles. The van der Waals surface area contributed by atoms with Crippen molar-refractivity contribution in [1.29, 1.82) is 0 Å². The summed E-state index contributed by atoms with van der Waals surface area (Å²) in [6, 6.07) is 28.4. The molecule has 4 aromatic rings. The Morgan fingerprint density at radius 3 is 2.40 bits per heavy atom. The van der Waals surface area contributed by atoms with E-state index in [2.05, 4.69) is 40.2 Å². The zero-order valence-electron chi connectivity index (χ0n) is 16.9. The van der Waals surface area contributed by atoms with E-state index in [0.29, 0.717) is 6.54 Å². The Kier molecular flexibility index (Phi) is 6.35. The number of nitrogens with one attached hydrogen (secondary N) is 1. The third-order valence-electron chi connectivity index (χ3n) is 5.07. The van der Waals surface area contributed by atoms with Gasteiger partial charge in [-0.3, -0.25) is 4.79 Å². The molecule has 0 bridgehead atoms. The summed E-state index contributed by atoms with van der Waals surface area (Å²) in [5.74, 6) is 0.757. The molecule has 0 aliphatic carbocycles. The predicted molar refractivity (Wildman–Crippen MR) is 122 cm³/mol. The van der Waals surface area contributed by atoms with E-state index in [0.717, 1.165) is 41.8 Å². The molecule has 4 rings (SSSR count). The zero-order valence-corrected chi connectivity index (χ0v) is 16.9. The Morgan fingerprint density at radius 1 is 0.900 bits per heavy atom. The molecule has 0 atom stereocenters. The lowest BCUT2D eigenvalue weighted by Crippen LogP contribution is -2.22. The molecule has 0 fully saturated rings. The molecule has 150 valence electrons. The van der Waals surface area contributed by atoms with Gasteiger partial charge in [-0.2, -0.15) is 0 Å². The molecular weight excluding hydrogens is 370 g/mol. The number of aromatic nitrogens is 2. The molecule has 4 heteroatoms. The average molecular weight is 396 g/mol. The molecule has 30 heavy (non-hydrogen) atoms. The number of fused-ring (bicyclic) bond motifs is 1. The van der Waals surface area contributed by atoms with Crippen LogP contribution >= 0.6 is 0 Å². The number of carbonyl (C=O) groups is 1. The summed E-state index contributed by atoms with van der Waals surface area (Å²) in [5, 5.41) is 2.97. The smallest absolute Gasteiger partial charge is 0.244 e. The Morgan fingerprint density at radius 2 is 1.60 bits per heavy atom. The first-order valence-corrected chi connectivity index (χ1v) is 10.3. The highest BCUT2D eigenvalue weighted by molar-refractivity contribution is 5.91. The molecule has 1 amide bonds. The molecular formula is C26H25N3O. The molecule has 3 aromatic carbocycles. The second-order valence-electron chi connectivity index (χ2n) is 7.22. The van der Waals surface area contributed by atoms with Crippen LogP contribution in [0.1, 0.15) is 23.4 Å². The van der Waals surface area contributed by atoms with Crippen LogP contribution in [0.2, 0.25) is 0 Å². The first-order valence-electron chi connectivity index (χ1n) is 10.3. The Labute approximate surface area is 176 Å². The van der Waals surface area contributed by atoms with Gasteiger partial charge in [0.1, 0.15) is 5.82 Å². The van der Waals surface area contributed by atoms with Gasteiger partial charge in [-0.05, 0) is 42.2 Å². The van der Waals surface area contributed by atoms with Crippen LogP contribution in [0.25, 0.3) is 17.1 Å². The lowest BCUT2D eigenvalue weighted by molar-refractivity contribution is -0.116. The highest BCUT2D eigenvalue weighted by Crippen LogP contribution is 2.17. The average Bonchev–Trinajstić information content (AvgIpc) is 3.15. The second kappa shape index (κ2) is 9.70. The van der Waals surface area contributed by atoms with Crippen molar-refractivity contribution in [2.45, 2.75) is 25.9 Å². The zero-order chi connectivity index (χ0) is 20.6. The Bertz CT molecular complexity index is 1130. The number of amides is 1. The lowest BCUT2D eigenvalue weighted by Gasteiger charge is -2.10. The van der Waals surface area contributed by atoms with Gasteiger partial charge in [0.05, 0.1) is 17.6 Å². The molecule has 4 nitrogen and oxygen atoms in total. The number of rotatable bonds is 8. The van der Waals surface area contributed by atoms with E-state index in [1.54, 1.807) is 6.08 Å². The number of hydrogen-bond donors (Lipinski definition) is 1. The van der Waals surface area contributed by atoms with Crippen molar-refractivity contribution in [3.05, 3.63) is 108 Å². The van der Waals surface area contributed by atoms with Crippen LogP contribution in [0.3, 0.4) is 0 Å². The highest BCUT2D eigenvalue weighted by atomic mass is 16.1. The summed E-state index contributed by atoms with van der Waals surface area (Å²) in [7, 11) is 0. The fraction of sp³-hybridized carbons (Fsp3) is 0.154. The van der Waals surface area contributed by atoms with Gasteiger partial charge in [0.25, 0.3) is 0 Å². The fourth-order valence-electron chi connectivity index (χ4n) is 3.56. The number of aryl methyl sites for hydroxylation is 2. The topological polar surface area (TPSA) is 46.9 Å². The molecule has 1 aromatic heterocycles. The number of benzene rings is 3. The molecule has 1 heterocycles. The van der Waals surface area contributed by atoms with Gasteiger partial charge in [-0.15, -0.1) is 0 Å². The summed E-state index contributed by atoms with van der Waals surface area (Å²) >= 11 is 0. The highest BCUT2D eigenvalue weighted by Gasteiger charge is 2.11. The van der Waals surface area contributed by atoms with Crippen LogP contribution in [-0.4, -0.2) is 15.5 Å². The predicted octanol–water partition coefficient (Wildman–Crippen LogP) is 5.00. The van der Waals surface area contributed by atoms with Gasteiger partial charge in [0, 0.05) is 12.6 Å². The SMILES string of the molecule is O=C(/C=C\c1ccccc1)NCc1nc2ccccc2n1CCCc1ccccc1. The van der Waals surface area contributed by atoms with Crippen molar-refractivity contribution in [3.63, 3.8) is 0 Å². The number of carbonyl (C=O) groups excluding carboxylic acids is 1. The number of para-hydroxylation sites is 2. The van der Waals surface area contributed by atoms with E-state index in [1.165, 1.54) is 5.56 Å². The molecule has 0 radical (unpaired) electrons. The van der Waals surface area contributed by atoms with E-state index in [9.17, 15) is 4.79 Å². The van der Waals surface area contributed by atoms with Crippen molar-refractivity contribution in [3.8, 4) is 0 Å². The van der Waals surface area contributed by atoms with Crippen molar-refractivity contribution in [1.82, 2.24) is 14.9 Å². The Balaban J connectivity index is 1.43. The van der Waals surface area contributed by atoms with E-state index in [1.807, 2.05) is 60.7 Å². The van der Waals surface area contributed by atoms with Crippen LogP contribution < -0.4 is 5.32 Å². The fourth-order valence-corrected chi connectivity index (χ4v) is 3.56. The van der Waals surface area contributed by atoms with Gasteiger partial charge in [-0.25, -0.2) is 4.98 Å². The number of imidazole rings is 1. The molecule has 1 N–H and O–H groups in total. The van der Waals surface area contributed by atoms with Gasteiger partial charge >= 0.3 is 0 Å². The van der Waals surface area contributed by atoms with E-state index >= 15 is 0 Å². The van der Waals surface area contributed by atoms with Crippen molar-refractivity contribution < 1.29 is 4.79 Å². The number of nitrogens with zero attached hydrogens (tertiary/aromatic N) is 2. The third kappa shape index (κ3) is 5.03. The van der Waals surface area contributed by atoms with Gasteiger partial charge in [0.15, 0.2) is 0 Å². The van der Waals surface area contributed by atoms with E-state index in [-0.39, 0.29) is 5.91 Å². The van der Waals surface area contributed by atoms with Crippen molar-refractivity contribution in [2.75, 3.05) is 0 Å². The quantitative estimate of drug-likeness (QED) is 0.427. The number of hydrogen-bond acceptors (Lipinski definition) is 2. The second-order valence-corrected chi connectivity index (χ2v) is 7.22. The van der Waals surface area contributed by atoms with Crippen LogP contribution in [-0.2, 0) is 24.3 Å². The van der Waals surface area contributed by atoms with Gasteiger partial charge in [0.2, 0.25) is 5.91 Å². The van der Waals surface area contributed by atoms with Crippen LogP contribution in [0.4, 0.5) is 0 Å². The third-order valence-corrected chi connectivity index (χ3v) is 5.07. The summed E-state index contributed by atoms with van der Waals surface area (Å²) in [6.45, 7) is 1.26. The van der Waals surface area contributed by atoms with E-state index in [4.69, 9.17) is 4.98 Å². The maximum atomic E-state index is 12.3. The minimum absolute atomic E-state index is 0.123. The van der Waals surface area contributed by atoms with Crippen LogP contribution in [0, 0.1) is 0 Å². The first kappa shape index (κ1) is 19.6. The van der Waals surface area contributed by atoms with Gasteiger partial charge in [-0.1, -0.05) is 72.8 Å². The van der Waals surface area contributed by atoms with Crippen molar-refractivity contribution >= 4 is 23.0 Å². The molecule has 0 aliphatic heterocycles. The van der Waals surface area contributed by atoms with E-state index < -0.39 is 0 Å². The summed E-state index contributed by atoms with van der Waals surface area (Å²) < 4.78 is 2.22. The largest absolute Gasteiger partial charge is 0.345 e. The standard InChI is InChI=1S/C26H25N3O/c30-26(18-17-22-12-5-2-6-13-22)27-20-25-28-23-15-7-8-16-24(23)29(25)19-9-14-21-10-3-1-4-11-21/h1-8,10-13,15-18H,9,14,19-20H2,(H,27,30)/b18-17-. The maximum Gasteiger partial charge on any atom is 0.244 e. The van der Waals surface area contributed by atoms with Crippen LogP contribution in [0.5, 0.6) is 0 Å². The molecule has 0 saturated carbocycles. The monoisotopic (exact) mass is 395 g/mol. The summed E-state index contributed by atoms with van der Waals surface area (Å²) in [4.78, 5) is 17.0. The minimum atomic E-state index is -0.123. The van der Waals surface area contributed by atoms with Crippen LogP contribution in [0.15, 0.2) is 91.0 Å². The maximum absolute atomic E-state index is 12.3. The minimum Gasteiger partial charge on any atom is -0.345 e. The normalized spacial score (nSPS) is 11.2. The molecule has 0 spiro atoms. The lowest BCUT2D eigenvalue weighted by atomic mass is 10.1. The van der Waals surface area contributed by atoms with Gasteiger partial charge < -0.3 is 9.88 Å². The Hall–Kier alpha value is -3.66. The summed E-state index contributed by atoms with van der Waals surface area (Å²) in [6.07, 6.45) is 5.41. The molecule has 0 aliphatic rings. The summed E-state index contributed by atoms with van der Waals surface area (Å²) in [5.41, 5.74) is 4.40. The van der Waals surface area contributed by atoms with Crippen molar-refractivity contribution in [2.24, 2.45) is 0 Å². The first-order chi connectivity index (χ1) is 14.8.